The summed E-state index contributed by atoms with van der Waals surface area (Å²) in [5.74, 6) is 1.45. The molecule has 0 spiro atoms. The van der Waals surface area contributed by atoms with Gasteiger partial charge >= 0.3 is 0 Å². The van der Waals surface area contributed by atoms with Crippen molar-refractivity contribution in [3.05, 3.63) is 48.4 Å². The Labute approximate surface area is 118 Å². The molecule has 2 rings (SSSR count). The van der Waals surface area contributed by atoms with Crippen LogP contribution in [0, 0.1) is 0 Å². The van der Waals surface area contributed by atoms with Crippen molar-refractivity contribution in [1.29, 1.82) is 0 Å². The van der Waals surface area contributed by atoms with Crippen LogP contribution in [-0.4, -0.2) is 27.7 Å². The Kier molecular flexibility index (Phi) is 4.90. The molecular weight excluding hydrogens is 254 g/mol. The number of anilines is 1. The van der Waals surface area contributed by atoms with Gasteiger partial charge in [-0.05, 0) is 31.5 Å². The summed E-state index contributed by atoms with van der Waals surface area (Å²) in [6.07, 6.45) is 4.36. The molecule has 0 saturated heterocycles. The van der Waals surface area contributed by atoms with Gasteiger partial charge in [-0.1, -0.05) is 12.1 Å². The summed E-state index contributed by atoms with van der Waals surface area (Å²) in [5.41, 5.74) is 0.831. The number of nitrogens with one attached hydrogen (secondary N) is 1. The number of hydrogen-bond acceptors (Lipinski definition) is 5. The zero-order valence-electron chi connectivity index (χ0n) is 11.7. The van der Waals surface area contributed by atoms with E-state index in [0.717, 1.165) is 11.3 Å². The minimum atomic E-state index is -0.606. The summed E-state index contributed by atoms with van der Waals surface area (Å²) in [5, 5.41) is 13.1. The van der Waals surface area contributed by atoms with Gasteiger partial charge in [0.25, 0.3) is 0 Å². The number of benzene rings is 1. The predicted molar refractivity (Wildman–Crippen MR) is 77.7 cm³/mol. The number of rotatable bonds is 6. The minimum absolute atomic E-state index is 0.143. The highest BCUT2D eigenvalue weighted by molar-refractivity contribution is 5.33. The normalized spacial score (nSPS) is 12.2. The Morgan fingerprint density at radius 3 is 2.55 bits per heavy atom. The first-order chi connectivity index (χ1) is 9.65. The number of aliphatic hydroxyl groups excluding tert-OH is 1. The summed E-state index contributed by atoms with van der Waals surface area (Å²) >= 11 is 0. The first-order valence-electron chi connectivity index (χ1n) is 6.59. The molecule has 1 aromatic carbocycles. The van der Waals surface area contributed by atoms with E-state index in [9.17, 15) is 5.11 Å². The smallest absolute Gasteiger partial charge is 0.144 e. The van der Waals surface area contributed by atoms with Gasteiger partial charge in [0.15, 0.2) is 0 Å². The van der Waals surface area contributed by atoms with Crippen LogP contribution in [0.1, 0.15) is 25.5 Å². The highest BCUT2D eigenvalue weighted by Crippen LogP contribution is 2.19. The van der Waals surface area contributed by atoms with E-state index >= 15 is 0 Å². The molecule has 0 bridgehead atoms. The standard InChI is InChI=1S/C15H19N3O2/c1-11(2)20-13-5-3-12(4-6-13)14(19)9-18-15-10-16-7-8-17-15/h3-8,10-11,14,19H,9H2,1-2H3,(H,17,18)/t14-/m0/s1. The summed E-state index contributed by atoms with van der Waals surface area (Å²) in [6.45, 7) is 4.34. The fraction of sp³-hybridized carbons (Fsp3) is 0.333. The van der Waals surface area contributed by atoms with Gasteiger partial charge in [-0.15, -0.1) is 0 Å². The Hall–Kier alpha value is -2.14. The quantitative estimate of drug-likeness (QED) is 0.846. The molecule has 0 aliphatic carbocycles. The summed E-state index contributed by atoms with van der Waals surface area (Å²) in [7, 11) is 0. The van der Waals surface area contributed by atoms with Crippen LogP contribution in [0.2, 0.25) is 0 Å². The monoisotopic (exact) mass is 273 g/mol. The second-order valence-electron chi connectivity index (χ2n) is 4.72. The Morgan fingerprint density at radius 2 is 1.95 bits per heavy atom. The van der Waals surface area contributed by atoms with E-state index in [1.165, 1.54) is 0 Å². The van der Waals surface area contributed by atoms with E-state index < -0.39 is 6.10 Å². The lowest BCUT2D eigenvalue weighted by Crippen LogP contribution is -2.13. The van der Waals surface area contributed by atoms with Crippen LogP contribution >= 0.6 is 0 Å². The van der Waals surface area contributed by atoms with Crippen molar-refractivity contribution < 1.29 is 9.84 Å². The minimum Gasteiger partial charge on any atom is -0.491 e. The maximum atomic E-state index is 10.1. The van der Waals surface area contributed by atoms with Gasteiger partial charge in [0.05, 0.1) is 18.4 Å². The molecule has 20 heavy (non-hydrogen) atoms. The highest BCUT2D eigenvalue weighted by Gasteiger charge is 2.08. The van der Waals surface area contributed by atoms with Crippen molar-refractivity contribution in [3.63, 3.8) is 0 Å². The highest BCUT2D eigenvalue weighted by atomic mass is 16.5. The zero-order chi connectivity index (χ0) is 14.4. The third kappa shape index (κ3) is 4.20. The van der Waals surface area contributed by atoms with E-state index in [1.54, 1.807) is 18.6 Å². The molecule has 106 valence electrons. The summed E-state index contributed by atoms with van der Waals surface area (Å²) < 4.78 is 5.56. The SMILES string of the molecule is CC(C)Oc1ccc([C@@H](O)CNc2cnccn2)cc1. The van der Waals surface area contributed by atoms with Gasteiger partial charge < -0.3 is 15.2 Å². The molecule has 0 unspecified atom stereocenters. The molecule has 0 fully saturated rings. The molecule has 0 saturated carbocycles. The van der Waals surface area contributed by atoms with Gasteiger partial charge in [-0.2, -0.15) is 0 Å². The molecule has 1 aromatic heterocycles. The second-order valence-corrected chi connectivity index (χ2v) is 4.72. The maximum Gasteiger partial charge on any atom is 0.144 e. The van der Waals surface area contributed by atoms with Gasteiger partial charge in [0, 0.05) is 18.9 Å². The first-order valence-corrected chi connectivity index (χ1v) is 6.59. The molecule has 2 aromatic rings. The van der Waals surface area contributed by atoms with Crippen LogP contribution in [0.4, 0.5) is 5.82 Å². The van der Waals surface area contributed by atoms with Crippen molar-refractivity contribution in [2.45, 2.75) is 26.1 Å². The third-order valence-electron chi connectivity index (χ3n) is 2.68. The lowest BCUT2D eigenvalue weighted by Gasteiger charge is -2.14. The summed E-state index contributed by atoms with van der Waals surface area (Å²) in [6, 6.07) is 7.45. The molecule has 1 heterocycles. The van der Waals surface area contributed by atoms with Crippen LogP contribution in [0.5, 0.6) is 5.75 Å². The summed E-state index contributed by atoms with van der Waals surface area (Å²) in [4.78, 5) is 8.04. The van der Waals surface area contributed by atoms with Crippen LogP contribution in [-0.2, 0) is 0 Å². The Bertz CT molecular complexity index is 514. The van der Waals surface area contributed by atoms with E-state index in [0.29, 0.717) is 12.4 Å². The van der Waals surface area contributed by atoms with Gasteiger partial charge in [-0.3, -0.25) is 4.98 Å². The maximum absolute atomic E-state index is 10.1. The molecule has 5 heteroatoms. The van der Waals surface area contributed by atoms with E-state index in [1.807, 2.05) is 38.1 Å². The third-order valence-corrected chi connectivity index (χ3v) is 2.68. The van der Waals surface area contributed by atoms with Gasteiger partial charge in [0.1, 0.15) is 11.6 Å². The molecule has 1 atom stereocenters. The number of ether oxygens (including phenoxy) is 1. The van der Waals surface area contributed by atoms with E-state index in [-0.39, 0.29) is 6.10 Å². The fourth-order valence-corrected chi connectivity index (χ4v) is 1.75. The predicted octanol–water partition coefficient (Wildman–Crippen LogP) is 2.41. The molecule has 5 nitrogen and oxygen atoms in total. The zero-order valence-corrected chi connectivity index (χ0v) is 11.7. The van der Waals surface area contributed by atoms with Gasteiger partial charge in [-0.25, -0.2) is 4.98 Å². The molecule has 2 N–H and O–H groups in total. The molecular formula is C15H19N3O2. The topological polar surface area (TPSA) is 67.3 Å². The lowest BCUT2D eigenvalue weighted by atomic mass is 10.1. The van der Waals surface area contributed by atoms with Crippen molar-refractivity contribution >= 4 is 5.82 Å². The average molecular weight is 273 g/mol. The van der Waals surface area contributed by atoms with Crippen LogP contribution in [0.3, 0.4) is 0 Å². The van der Waals surface area contributed by atoms with E-state index in [4.69, 9.17) is 4.74 Å². The molecule has 0 aliphatic rings. The average Bonchev–Trinajstić information content (AvgIpc) is 2.46. The lowest BCUT2D eigenvalue weighted by molar-refractivity contribution is 0.191. The molecule has 0 radical (unpaired) electrons. The molecule has 0 amide bonds. The number of nitrogens with zero attached hydrogens (tertiary/aromatic N) is 2. The second kappa shape index (κ2) is 6.86. The van der Waals surface area contributed by atoms with Gasteiger partial charge in [0.2, 0.25) is 0 Å². The van der Waals surface area contributed by atoms with Crippen molar-refractivity contribution in [3.8, 4) is 5.75 Å². The Morgan fingerprint density at radius 1 is 1.20 bits per heavy atom. The number of hydrogen-bond donors (Lipinski definition) is 2. The van der Waals surface area contributed by atoms with E-state index in [2.05, 4.69) is 15.3 Å². The Balaban J connectivity index is 1.90. The van der Waals surface area contributed by atoms with Crippen molar-refractivity contribution in [2.75, 3.05) is 11.9 Å². The number of aliphatic hydroxyl groups is 1. The molecule has 0 aliphatic heterocycles. The van der Waals surface area contributed by atoms with Crippen molar-refractivity contribution in [1.82, 2.24) is 9.97 Å². The van der Waals surface area contributed by atoms with Crippen LogP contribution < -0.4 is 10.1 Å². The van der Waals surface area contributed by atoms with Crippen molar-refractivity contribution in [2.24, 2.45) is 0 Å². The number of aromatic nitrogens is 2. The van der Waals surface area contributed by atoms with Crippen LogP contribution in [0.25, 0.3) is 0 Å². The largest absolute Gasteiger partial charge is 0.491 e. The first kappa shape index (κ1) is 14.3. The van der Waals surface area contributed by atoms with Crippen LogP contribution in [0.15, 0.2) is 42.9 Å². The fourth-order valence-electron chi connectivity index (χ4n) is 1.75.